The molecule has 1 amide bonds. The Morgan fingerprint density at radius 1 is 1.28 bits per heavy atom. The van der Waals surface area contributed by atoms with Crippen molar-refractivity contribution in [1.82, 2.24) is 10.4 Å². The Balaban J connectivity index is 1.90. The van der Waals surface area contributed by atoms with Gasteiger partial charge in [0.1, 0.15) is 11.3 Å². The molecule has 0 radical (unpaired) electrons. The number of pyridine rings is 1. The molecule has 0 bridgehead atoms. The number of hydrazone groups is 1. The largest absolute Gasteiger partial charge is 0.497 e. The van der Waals surface area contributed by atoms with Gasteiger partial charge in [-0.25, -0.2) is 10.2 Å². The molecule has 25 heavy (non-hydrogen) atoms. The number of nitrogens with zero attached hydrogens (tertiary/aromatic N) is 2. The lowest BCUT2D eigenvalue weighted by Gasteiger charge is -2.05. The average molecular weight is 337 g/mol. The van der Waals surface area contributed by atoms with Crippen molar-refractivity contribution in [3.05, 3.63) is 70.3 Å². The van der Waals surface area contributed by atoms with Gasteiger partial charge in [0.25, 0.3) is 5.91 Å². The first-order chi connectivity index (χ1) is 12.1. The Hall–Kier alpha value is -3.48. The summed E-state index contributed by atoms with van der Waals surface area (Å²) in [5.74, 6) is 0.228. The standard InChI is InChI=1S/C18H15N3O4/c1-11(20-21-17(22)12-4-3-7-19-10-12)15-9-13-8-14(24-2)5-6-16(13)25-18(15)23/h3-10H,1-2H3,(H,21,22)/b20-11-. The number of hydrogen-bond donors (Lipinski definition) is 1. The highest BCUT2D eigenvalue weighted by molar-refractivity contribution is 6.02. The summed E-state index contributed by atoms with van der Waals surface area (Å²) in [5, 5.41) is 4.68. The van der Waals surface area contributed by atoms with E-state index in [1.54, 1.807) is 56.6 Å². The highest BCUT2D eigenvalue weighted by Crippen LogP contribution is 2.20. The van der Waals surface area contributed by atoms with E-state index in [4.69, 9.17) is 9.15 Å². The molecule has 3 rings (SSSR count). The number of carbonyl (C=O) groups is 1. The number of benzene rings is 1. The van der Waals surface area contributed by atoms with Crippen LogP contribution >= 0.6 is 0 Å². The predicted molar refractivity (Wildman–Crippen MR) is 93.0 cm³/mol. The summed E-state index contributed by atoms with van der Waals surface area (Å²) in [5.41, 5.74) is 3.27. The number of nitrogens with one attached hydrogen (secondary N) is 1. The lowest BCUT2D eigenvalue weighted by molar-refractivity contribution is 0.0954. The first-order valence-electron chi connectivity index (χ1n) is 7.45. The van der Waals surface area contributed by atoms with E-state index in [-0.39, 0.29) is 5.56 Å². The summed E-state index contributed by atoms with van der Waals surface area (Å²) >= 11 is 0. The van der Waals surface area contributed by atoms with Crippen LogP contribution in [0, 0.1) is 0 Å². The molecular formula is C18H15N3O4. The first kappa shape index (κ1) is 16.4. The molecule has 7 nitrogen and oxygen atoms in total. The normalized spacial score (nSPS) is 11.4. The molecule has 2 aromatic heterocycles. The van der Waals surface area contributed by atoms with E-state index in [2.05, 4.69) is 15.5 Å². The smallest absolute Gasteiger partial charge is 0.345 e. The second kappa shape index (κ2) is 6.96. The van der Waals surface area contributed by atoms with Gasteiger partial charge < -0.3 is 9.15 Å². The lowest BCUT2D eigenvalue weighted by atomic mass is 10.1. The van der Waals surface area contributed by atoms with Crippen molar-refractivity contribution in [2.45, 2.75) is 6.92 Å². The molecule has 0 fully saturated rings. The fourth-order valence-electron chi connectivity index (χ4n) is 2.24. The third-order valence-electron chi connectivity index (χ3n) is 3.58. The molecule has 0 atom stereocenters. The van der Waals surface area contributed by atoms with Crippen molar-refractivity contribution in [2.24, 2.45) is 5.10 Å². The molecule has 1 N–H and O–H groups in total. The summed E-state index contributed by atoms with van der Waals surface area (Å²) in [6.07, 6.45) is 3.00. The van der Waals surface area contributed by atoms with Crippen molar-refractivity contribution in [3.8, 4) is 5.75 Å². The molecular weight excluding hydrogens is 322 g/mol. The van der Waals surface area contributed by atoms with Crippen LogP contribution in [-0.2, 0) is 0 Å². The van der Waals surface area contributed by atoms with Gasteiger partial charge in [-0.3, -0.25) is 9.78 Å². The molecule has 3 aromatic rings. The molecule has 7 heteroatoms. The molecule has 0 spiro atoms. The van der Waals surface area contributed by atoms with Crippen LogP contribution in [0.15, 0.2) is 63.1 Å². The molecule has 0 saturated heterocycles. The van der Waals surface area contributed by atoms with Crippen LogP contribution in [0.3, 0.4) is 0 Å². The van der Waals surface area contributed by atoms with Gasteiger partial charge in [0.15, 0.2) is 0 Å². The van der Waals surface area contributed by atoms with Crippen LogP contribution in [0.4, 0.5) is 0 Å². The Morgan fingerprint density at radius 2 is 2.12 bits per heavy atom. The molecule has 0 aliphatic carbocycles. The van der Waals surface area contributed by atoms with Crippen LogP contribution < -0.4 is 15.8 Å². The summed E-state index contributed by atoms with van der Waals surface area (Å²) in [6, 6.07) is 10.0. The number of fused-ring (bicyclic) bond motifs is 1. The highest BCUT2D eigenvalue weighted by atomic mass is 16.5. The molecule has 0 saturated carbocycles. The zero-order valence-electron chi connectivity index (χ0n) is 13.6. The average Bonchev–Trinajstić information content (AvgIpc) is 2.65. The van der Waals surface area contributed by atoms with Crippen LogP contribution in [0.25, 0.3) is 11.0 Å². The van der Waals surface area contributed by atoms with Crippen LogP contribution in [0.5, 0.6) is 5.75 Å². The minimum Gasteiger partial charge on any atom is -0.497 e. The van der Waals surface area contributed by atoms with Gasteiger partial charge in [0, 0.05) is 17.8 Å². The maximum absolute atomic E-state index is 12.1. The van der Waals surface area contributed by atoms with E-state index < -0.39 is 11.5 Å². The topological polar surface area (TPSA) is 93.8 Å². The zero-order valence-corrected chi connectivity index (χ0v) is 13.6. The van der Waals surface area contributed by atoms with E-state index in [0.717, 1.165) is 0 Å². The predicted octanol–water partition coefficient (Wildman–Crippen LogP) is 2.35. The van der Waals surface area contributed by atoms with Gasteiger partial charge in [-0.2, -0.15) is 5.10 Å². The quantitative estimate of drug-likeness (QED) is 0.448. The Kier molecular flexibility index (Phi) is 4.56. The third kappa shape index (κ3) is 3.55. The van der Waals surface area contributed by atoms with Gasteiger partial charge in [-0.15, -0.1) is 0 Å². The van der Waals surface area contributed by atoms with Crippen LogP contribution in [0.2, 0.25) is 0 Å². The number of methoxy groups -OCH3 is 1. The van der Waals surface area contributed by atoms with Crippen molar-refractivity contribution in [1.29, 1.82) is 0 Å². The van der Waals surface area contributed by atoms with Crippen molar-refractivity contribution < 1.29 is 13.9 Å². The summed E-state index contributed by atoms with van der Waals surface area (Å²) in [4.78, 5) is 28.0. The van der Waals surface area contributed by atoms with Gasteiger partial charge in [0.2, 0.25) is 0 Å². The van der Waals surface area contributed by atoms with Crippen molar-refractivity contribution in [2.75, 3.05) is 7.11 Å². The minimum atomic E-state index is -0.533. The van der Waals surface area contributed by atoms with Crippen LogP contribution in [0.1, 0.15) is 22.8 Å². The number of amides is 1. The number of hydrogen-bond acceptors (Lipinski definition) is 6. The summed E-state index contributed by atoms with van der Waals surface area (Å²) in [6.45, 7) is 1.61. The van der Waals surface area contributed by atoms with E-state index >= 15 is 0 Å². The van der Waals surface area contributed by atoms with E-state index in [1.807, 2.05) is 0 Å². The highest BCUT2D eigenvalue weighted by Gasteiger charge is 2.10. The second-order valence-electron chi connectivity index (χ2n) is 5.23. The molecule has 0 aliphatic rings. The SMILES string of the molecule is COc1ccc2oc(=O)c(/C(C)=N\NC(=O)c3cccnc3)cc2c1. The van der Waals surface area contributed by atoms with E-state index in [1.165, 1.54) is 6.20 Å². The van der Waals surface area contributed by atoms with Gasteiger partial charge in [-0.1, -0.05) is 0 Å². The number of carbonyl (C=O) groups excluding carboxylic acids is 1. The maximum Gasteiger partial charge on any atom is 0.345 e. The Morgan fingerprint density at radius 3 is 2.84 bits per heavy atom. The summed E-state index contributed by atoms with van der Waals surface area (Å²) < 4.78 is 10.5. The third-order valence-corrected chi connectivity index (χ3v) is 3.58. The number of ether oxygens (including phenoxy) is 1. The lowest BCUT2D eigenvalue weighted by Crippen LogP contribution is -2.21. The van der Waals surface area contributed by atoms with Crippen LogP contribution in [-0.4, -0.2) is 23.7 Å². The molecule has 0 unspecified atom stereocenters. The zero-order chi connectivity index (χ0) is 17.8. The van der Waals surface area contributed by atoms with E-state index in [0.29, 0.717) is 28.0 Å². The van der Waals surface area contributed by atoms with Gasteiger partial charge in [0.05, 0.1) is 23.9 Å². The fraction of sp³-hybridized carbons (Fsp3) is 0.111. The van der Waals surface area contributed by atoms with Gasteiger partial charge >= 0.3 is 5.63 Å². The van der Waals surface area contributed by atoms with Crippen molar-refractivity contribution >= 4 is 22.6 Å². The number of rotatable bonds is 4. The van der Waals surface area contributed by atoms with Gasteiger partial charge in [-0.05, 0) is 43.3 Å². The second-order valence-corrected chi connectivity index (χ2v) is 5.23. The Bertz CT molecular complexity index is 1010. The minimum absolute atomic E-state index is 0.257. The first-order valence-corrected chi connectivity index (χ1v) is 7.45. The molecule has 126 valence electrons. The fourth-order valence-corrected chi connectivity index (χ4v) is 2.24. The maximum atomic E-state index is 12.1. The molecule has 0 aliphatic heterocycles. The molecule has 1 aromatic carbocycles. The van der Waals surface area contributed by atoms with Crippen molar-refractivity contribution in [3.63, 3.8) is 0 Å². The monoisotopic (exact) mass is 337 g/mol. The molecule has 2 heterocycles. The summed E-state index contributed by atoms with van der Waals surface area (Å²) in [7, 11) is 1.56. The Labute approximate surface area is 143 Å². The number of aromatic nitrogens is 1. The van der Waals surface area contributed by atoms with E-state index in [9.17, 15) is 9.59 Å².